The maximum atomic E-state index is 13.2. The molecule has 0 spiro atoms. The van der Waals surface area contributed by atoms with Crippen molar-refractivity contribution in [3.63, 3.8) is 0 Å². The van der Waals surface area contributed by atoms with Crippen molar-refractivity contribution >= 4 is 29.1 Å². The average Bonchev–Trinajstić information content (AvgIpc) is 3.10. The summed E-state index contributed by atoms with van der Waals surface area (Å²) < 4.78 is 10.9. The van der Waals surface area contributed by atoms with Gasteiger partial charge in [-0.05, 0) is 43.2 Å². The van der Waals surface area contributed by atoms with Crippen LogP contribution in [0, 0.1) is 0 Å². The van der Waals surface area contributed by atoms with Crippen LogP contribution in [0.25, 0.3) is 5.76 Å². The van der Waals surface area contributed by atoms with Gasteiger partial charge < -0.3 is 19.5 Å². The second kappa shape index (κ2) is 11.0. The predicted octanol–water partition coefficient (Wildman–Crippen LogP) is 3.88. The first-order chi connectivity index (χ1) is 16.5. The lowest BCUT2D eigenvalue weighted by Gasteiger charge is -2.29. The highest BCUT2D eigenvalue weighted by Gasteiger charge is 2.45. The number of Topliss-reactive ketones (excluding diaryl/α,β-unsaturated/α-hetero) is 1. The van der Waals surface area contributed by atoms with Gasteiger partial charge in [-0.2, -0.15) is 0 Å². The number of hydrogen-bond acceptors (Lipinski definition) is 6. The Morgan fingerprint density at radius 2 is 1.85 bits per heavy atom. The summed E-state index contributed by atoms with van der Waals surface area (Å²) in [5.74, 6) is -0.931. The monoisotopic (exact) mass is 484 g/mol. The Hall–Kier alpha value is -2.87. The van der Waals surface area contributed by atoms with Crippen molar-refractivity contribution in [3.8, 4) is 5.75 Å². The van der Waals surface area contributed by atoms with E-state index in [0.717, 1.165) is 25.2 Å². The zero-order valence-corrected chi connectivity index (χ0v) is 20.0. The number of ether oxygens (including phenoxy) is 2. The Bertz CT molecular complexity index is 1060. The fourth-order valence-electron chi connectivity index (χ4n) is 4.45. The van der Waals surface area contributed by atoms with Gasteiger partial charge in [-0.15, -0.1) is 0 Å². The van der Waals surface area contributed by atoms with E-state index in [-0.39, 0.29) is 11.3 Å². The van der Waals surface area contributed by atoms with Gasteiger partial charge in [0, 0.05) is 36.8 Å². The van der Waals surface area contributed by atoms with Crippen molar-refractivity contribution in [2.24, 2.45) is 0 Å². The summed E-state index contributed by atoms with van der Waals surface area (Å²) in [6.07, 6.45) is 0.705. The molecule has 34 heavy (non-hydrogen) atoms. The lowest BCUT2D eigenvalue weighted by molar-refractivity contribution is -0.140. The number of carbonyl (C=O) groups excluding carboxylic acids is 2. The topological polar surface area (TPSA) is 79.3 Å². The first-order valence-corrected chi connectivity index (χ1v) is 11.9. The molecule has 1 N–H and O–H groups in total. The van der Waals surface area contributed by atoms with Gasteiger partial charge in [-0.3, -0.25) is 14.5 Å². The zero-order valence-electron chi connectivity index (χ0n) is 19.2. The van der Waals surface area contributed by atoms with Crippen molar-refractivity contribution in [2.75, 3.05) is 46.0 Å². The van der Waals surface area contributed by atoms with Crippen LogP contribution in [0.4, 0.5) is 0 Å². The molecule has 1 amide bonds. The van der Waals surface area contributed by atoms with Gasteiger partial charge in [-0.1, -0.05) is 35.9 Å². The number of carbonyl (C=O) groups is 2. The van der Waals surface area contributed by atoms with Crippen LogP contribution in [0.15, 0.2) is 54.1 Å². The molecule has 0 aromatic heterocycles. The quantitative estimate of drug-likeness (QED) is 0.348. The number of rotatable bonds is 8. The van der Waals surface area contributed by atoms with Crippen molar-refractivity contribution in [1.82, 2.24) is 9.80 Å². The molecule has 2 fully saturated rings. The Kier molecular flexibility index (Phi) is 7.88. The number of amides is 1. The molecule has 1 atom stereocenters. The van der Waals surface area contributed by atoms with Crippen LogP contribution >= 0.6 is 11.6 Å². The summed E-state index contributed by atoms with van der Waals surface area (Å²) in [6, 6.07) is 13.2. The van der Waals surface area contributed by atoms with Gasteiger partial charge >= 0.3 is 0 Å². The van der Waals surface area contributed by atoms with Crippen molar-refractivity contribution in [3.05, 3.63) is 70.3 Å². The van der Waals surface area contributed by atoms with E-state index in [1.807, 2.05) is 6.92 Å². The minimum atomic E-state index is -0.697. The van der Waals surface area contributed by atoms with E-state index in [1.165, 1.54) is 0 Å². The maximum Gasteiger partial charge on any atom is 0.295 e. The smallest absolute Gasteiger partial charge is 0.295 e. The van der Waals surface area contributed by atoms with Crippen LogP contribution in [0.5, 0.6) is 5.75 Å². The second-order valence-corrected chi connectivity index (χ2v) is 8.75. The largest absolute Gasteiger partial charge is 0.507 e. The highest BCUT2D eigenvalue weighted by atomic mass is 35.5. The van der Waals surface area contributed by atoms with Crippen LogP contribution in [0.1, 0.15) is 30.5 Å². The molecule has 2 aliphatic rings. The molecule has 0 saturated carbocycles. The molecule has 0 radical (unpaired) electrons. The molecular weight excluding hydrogens is 456 g/mol. The molecule has 1 unspecified atom stereocenters. The Balaban J connectivity index is 1.67. The number of nitrogens with zero attached hydrogens (tertiary/aromatic N) is 2. The number of likely N-dealkylation sites (tertiary alicyclic amines) is 1. The number of ketones is 1. The fraction of sp³-hybridized carbons (Fsp3) is 0.385. The molecule has 0 bridgehead atoms. The number of aliphatic hydroxyl groups is 1. The van der Waals surface area contributed by atoms with Crippen LogP contribution < -0.4 is 4.74 Å². The SMILES string of the molecule is CCOc1cccc(C(O)=C2C(=O)C(=O)N(CCCN3CCOCC3)C2c2ccc(Cl)cc2)c1. The fourth-order valence-corrected chi connectivity index (χ4v) is 4.57. The van der Waals surface area contributed by atoms with Crippen LogP contribution in [0.2, 0.25) is 5.02 Å². The Morgan fingerprint density at radius 1 is 1.12 bits per heavy atom. The Morgan fingerprint density at radius 3 is 2.56 bits per heavy atom. The molecule has 2 aromatic carbocycles. The number of morpholine rings is 1. The number of hydrogen-bond donors (Lipinski definition) is 1. The van der Waals surface area contributed by atoms with Crippen molar-refractivity contribution in [1.29, 1.82) is 0 Å². The predicted molar refractivity (Wildman–Crippen MR) is 130 cm³/mol. The van der Waals surface area contributed by atoms with E-state index in [1.54, 1.807) is 53.4 Å². The van der Waals surface area contributed by atoms with Gasteiger partial charge in [0.05, 0.1) is 31.4 Å². The first kappa shape index (κ1) is 24.3. The van der Waals surface area contributed by atoms with E-state index in [0.29, 0.717) is 49.1 Å². The summed E-state index contributed by atoms with van der Waals surface area (Å²) >= 11 is 6.09. The number of aliphatic hydroxyl groups excluding tert-OH is 1. The average molecular weight is 485 g/mol. The third-order valence-corrected chi connectivity index (χ3v) is 6.37. The van der Waals surface area contributed by atoms with E-state index in [4.69, 9.17) is 21.1 Å². The third kappa shape index (κ3) is 5.27. The minimum absolute atomic E-state index is 0.0762. The van der Waals surface area contributed by atoms with Gasteiger partial charge in [-0.25, -0.2) is 0 Å². The van der Waals surface area contributed by atoms with E-state index in [2.05, 4.69) is 4.90 Å². The molecule has 2 aliphatic heterocycles. The summed E-state index contributed by atoms with van der Waals surface area (Å²) in [4.78, 5) is 30.1. The highest BCUT2D eigenvalue weighted by Crippen LogP contribution is 2.40. The van der Waals surface area contributed by atoms with E-state index < -0.39 is 17.7 Å². The van der Waals surface area contributed by atoms with Crippen LogP contribution in [-0.4, -0.2) is 72.6 Å². The molecule has 4 rings (SSSR count). The van der Waals surface area contributed by atoms with Crippen molar-refractivity contribution in [2.45, 2.75) is 19.4 Å². The molecule has 8 heteroatoms. The summed E-state index contributed by atoms with van der Waals surface area (Å²) in [7, 11) is 0. The van der Waals surface area contributed by atoms with Gasteiger partial charge in [0.2, 0.25) is 0 Å². The molecule has 2 heterocycles. The molecular formula is C26H29ClN2O5. The molecule has 0 aliphatic carbocycles. The van der Waals surface area contributed by atoms with Gasteiger partial charge in [0.1, 0.15) is 11.5 Å². The maximum absolute atomic E-state index is 13.2. The summed E-state index contributed by atoms with van der Waals surface area (Å²) in [5.41, 5.74) is 1.22. The summed E-state index contributed by atoms with van der Waals surface area (Å²) in [6.45, 7) is 6.66. The lowest BCUT2D eigenvalue weighted by atomic mass is 9.95. The number of benzene rings is 2. The standard InChI is InChI=1S/C26H29ClN2O5/c1-2-34-21-6-3-5-19(17-21)24(30)22-23(18-7-9-20(27)10-8-18)29(26(32)25(22)31)12-4-11-28-13-15-33-16-14-28/h3,5-10,17,23,30H,2,4,11-16H2,1H3. The van der Waals surface area contributed by atoms with Crippen LogP contribution in [-0.2, 0) is 14.3 Å². The molecule has 180 valence electrons. The van der Waals surface area contributed by atoms with E-state index >= 15 is 0 Å². The first-order valence-electron chi connectivity index (χ1n) is 11.6. The Labute approximate surface area is 204 Å². The van der Waals surface area contributed by atoms with E-state index in [9.17, 15) is 14.7 Å². The van der Waals surface area contributed by atoms with Crippen LogP contribution in [0.3, 0.4) is 0 Å². The minimum Gasteiger partial charge on any atom is -0.507 e. The third-order valence-electron chi connectivity index (χ3n) is 6.12. The highest BCUT2D eigenvalue weighted by molar-refractivity contribution is 6.46. The van der Waals surface area contributed by atoms with Crippen molar-refractivity contribution < 1.29 is 24.2 Å². The van der Waals surface area contributed by atoms with Gasteiger partial charge in [0.15, 0.2) is 0 Å². The molecule has 7 nitrogen and oxygen atoms in total. The lowest BCUT2D eigenvalue weighted by Crippen LogP contribution is -2.38. The molecule has 2 aromatic rings. The summed E-state index contributed by atoms with van der Waals surface area (Å²) in [5, 5.41) is 11.8. The second-order valence-electron chi connectivity index (χ2n) is 8.31. The normalized spacial score (nSPS) is 20.6. The molecule has 2 saturated heterocycles. The zero-order chi connectivity index (χ0) is 24.1. The number of halogens is 1. The van der Waals surface area contributed by atoms with Gasteiger partial charge in [0.25, 0.3) is 11.7 Å².